The second-order valence-electron chi connectivity index (χ2n) is 9.99. The van der Waals surface area contributed by atoms with Gasteiger partial charge in [-0.3, -0.25) is 9.59 Å². The predicted octanol–water partition coefficient (Wildman–Crippen LogP) is 2.20. The van der Waals surface area contributed by atoms with Crippen LogP contribution in [-0.4, -0.2) is 79.3 Å². The number of fused-ring (bicyclic) bond motifs is 1. The number of piperazine rings is 1. The Morgan fingerprint density at radius 1 is 1.00 bits per heavy atom. The van der Waals surface area contributed by atoms with Crippen LogP contribution < -0.4 is 15.4 Å². The van der Waals surface area contributed by atoms with E-state index in [2.05, 4.69) is 15.5 Å². The van der Waals surface area contributed by atoms with E-state index in [9.17, 15) is 14.4 Å². The highest BCUT2D eigenvalue weighted by molar-refractivity contribution is 5.87. The van der Waals surface area contributed by atoms with Gasteiger partial charge in [0, 0.05) is 39.0 Å². The van der Waals surface area contributed by atoms with Crippen LogP contribution in [-0.2, 0) is 27.2 Å². The molecule has 3 amide bonds. The van der Waals surface area contributed by atoms with E-state index in [0.29, 0.717) is 31.7 Å². The minimum atomic E-state index is -0.973. The molecule has 2 aliphatic rings. The Balaban J connectivity index is 1.51. The molecule has 1 unspecified atom stereocenters. The normalized spacial score (nSPS) is 20.4. The molecule has 0 aromatic heterocycles. The van der Waals surface area contributed by atoms with Gasteiger partial charge in [0.25, 0.3) is 6.29 Å². The SMILES string of the molecule is CC(C)C(=O)OC1Oc2ccccc2C[C@@H]1NC(=O)[C@H](Cc1ccccc1)NC(=O)N1CCN(C)CC1. The fraction of sp³-hybridized carbons (Fsp3) is 0.464. The molecule has 1 fully saturated rings. The Morgan fingerprint density at radius 2 is 1.68 bits per heavy atom. The van der Waals surface area contributed by atoms with Gasteiger partial charge in [0.15, 0.2) is 0 Å². The first-order valence-corrected chi connectivity index (χ1v) is 12.8. The van der Waals surface area contributed by atoms with Crippen molar-refractivity contribution in [1.82, 2.24) is 20.4 Å². The fourth-order valence-corrected chi connectivity index (χ4v) is 4.40. The summed E-state index contributed by atoms with van der Waals surface area (Å²) in [4.78, 5) is 43.0. The minimum Gasteiger partial charge on any atom is -0.452 e. The largest absolute Gasteiger partial charge is 0.452 e. The van der Waals surface area contributed by atoms with Gasteiger partial charge in [-0.05, 0) is 24.2 Å². The average molecular weight is 509 g/mol. The summed E-state index contributed by atoms with van der Waals surface area (Å²) >= 11 is 0. The molecular weight excluding hydrogens is 472 g/mol. The Labute approximate surface area is 218 Å². The minimum absolute atomic E-state index is 0.266. The molecule has 37 heavy (non-hydrogen) atoms. The predicted molar refractivity (Wildman–Crippen MR) is 139 cm³/mol. The number of esters is 1. The standard InChI is InChI=1S/C28H36N4O5/c1-19(2)26(34)37-27-23(18-21-11-7-8-12-24(21)36-27)29-25(33)22(17-20-9-5-4-6-10-20)30-28(35)32-15-13-31(3)14-16-32/h4-12,19,22-23,27H,13-18H2,1-3H3,(H,29,33)(H,30,35)/t22-,23-,27?/m0/s1. The Kier molecular flexibility index (Phi) is 8.66. The summed E-state index contributed by atoms with van der Waals surface area (Å²) < 4.78 is 11.6. The second-order valence-corrected chi connectivity index (χ2v) is 9.99. The van der Waals surface area contributed by atoms with Crippen LogP contribution in [0.5, 0.6) is 5.75 Å². The van der Waals surface area contributed by atoms with Crippen LogP contribution in [0.15, 0.2) is 54.6 Å². The average Bonchev–Trinajstić information content (AvgIpc) is 2.89. The summed E-state index contributed by atoms with van der Waals surface area (Å²) in [5, 5.41) is 5.95. The highest BCUT2D eigenvalue weighted by Crippen LogP contribution is 2.28. The number of ether oxygens (including phenoxy) is 2. The van der Waals surface area contributed by atoms with Crippen molar-refractivity contribution in [2.75, 3.05) is 33.2 Å². The van der Waals surface area contributed by atoms with E-state index >= 15 is 0 Å². The van der Waals surface area contributed by atoms with Gasteiger partial charge in [-0.2, -0.15) is 0 Å². The third-order valence-corrected chi connectivity index (χ3v) is 6.70. The molecule has 2 heterocycles. The van der Waals surface area contributed by atoms with Crippen molar-refractivity contribution in [3.05, 3.63) is 65.7 Å². The molecule has 9 heteroatoms. The van der Waals surface area contributed by atoms with E-state index < -0.39 is 24.3 Å². The van der Waals surface area contributed by atoms with E-state index in [4.69, 9.17) is 9.47 Å². The van der Waals surface area contributed by atoms with Gasteiger partial charge in [-0.1, -0.05) is 62.4 Å². The molecule has 2 aromatic rings. The molecule has 0 bridgehead atoms. The lowest BCUT2D eigenvalue weighted by Gasteiger charge is -2.35. The summed E-state index contributed by atoms with van der Waals surface area (Å²) in [7, 11) is 2.02. The molecule has 2 aliphatic heterocycles. The summed E-state index contributed by atoms with van der Waals surface area (Å²) in [5.41, 5.74) is 1.83. The monoisotopic (exact) mass is 508 g/mol. The molecule has 4 rings (SSSR count). The number of nitrogens with zero attached hydrogens (tertiary/aromatic N) is 2. The van der Waals surface area contributed by atoms with Crippen molar-refractivity contribution in [3.63, 3.8) is 0 Å². The molecule has 0 spiro atoms. The zero-order valence-electron chi connectivity index (χ0n) is 21.7. The molecule has 2 N–H and O–H groups in total. The lowest BCUT2D eigenvalue weighted by atomic mass is 10.00. The molecule has 9 nitrogen and oxygen atoms in total. The number of amides is 3. The van der Waals surface area contributed by atoms with Crippen LogP contribution in [0, 0.1) is 5.92 Å². The Hall–Kier alpha value is -3.59. The first-order chi connectivity index (χ1) is 17.8. The molecule has 0 saturated carbocycles. The van der Waals surface area contributed by atoms with Crippen molar-refractivity contribution in [2.45, 2.75) is 45.1 Å². The smallest absolute Gasteiger partial charge is 0.318 e. The maximum atomic E-state index is 13.6. The Morgan fingerprint density at radius 3 is 2.38 bits per heavy atom. The van der Waals surface area contributed by atoms with Crippen molar-refractivity contribution in [1.29, 1.82) is 0 Å². The van der Waals surface area contributed by atoms with Gasteiger partial charge in [-0.15, -0.1) is 0 Å². The van der Waals surface area contributed by atoms with Gasteiger partial charge >= 0.3 is 12.0 Å². The number of urea groups is 1. The third kappa shape index (κ3) is 7.01. The number of carbonyl (C=O) groups excluding carboxylic acids is 3. The number of likely N-dealkylation sites (N-methyl/N-ethyl adjacent to an activating group) is 1. The van der Waals surface area contributed by atoms with Crippen LogP contribution in [0.4, 0.5) is 4.79 Å². The number of hydrogen-bond acceptors (Lipinski definition) is 6. The first kappa shape index (κ1) is 26.5. The lowest BCUT2D eigenvalue weighted by molar-refractivity contribution is -0.174. The quantitative estimate of drug-likeness (QED) is 0.557. The number of carbonyl (C=O) groups is 3. The third-order valence-electron chi connectivity index (χ3n) is 6.70. The highest BCUT2D eigenvalue weighted by atomic mass is 16.7. The van der Waals surface area contributed by atoms with Gasteiger partial charge < -0.3 is 29.9 Å². The zero-order chi connectivity index (χ0) is 26.4. The number of hydrogen-bond donors (Lipinski definition) is 2. The fourth-order valence-electron chi connectivity index (χ4n) is 4.40. The molecule has 0 aliphatic carbocycles. The van der Waals surface area contributed by atoms with Gasteiger partial charge in [-0.25, -0.2) is 4.79 Å². The highest BCUT2D eigenvalue weighted by Gasteiger charge is 2.36. The van der Waals surface area contributed by atoms with E-state index in [1.807, 2.05) is 61.6 Å². The van der Waals surface area contributed by atoms with Gasteiger partial charge in [0.05, 0.1) is 5.92 Å². The summed E-state index contributed by atoms with van der Waals surface area (Å²) in [6, 6.07) is 15.4. The molecule has 0 radical (unpaired) electrons. The van der Waals surface area contributed by atoms with Crippen molar-refractivity contribution in [2.24, 2.45) is 5.92 Å². The molecular formula is C28H36N4O5. The van der Waals surface area contributed by atoms with Crippen LogP contribution in [0.3, 0.4) is 0 Å². The zero-order valence-corrected chi connectivity index (χ0v) is 21.7. The maximum Gasteiger partial charge on any atom is 0.318 e. The van der Waals surface area contributed by atoms with E-state index in [1.165, 1.54) is 0 Å². The molecule has 3 atom stereocenters. The number of rotatable bonds is 7. The van der Waals surface area contributed by atoms with Gasteiger partial charge in [0.1, 0.15) is 17.8 Å². The van der Waals surface area contributed by atoms with Gasteiger partial charge in [0.2, 0.25) is 5.91 Å². The number of nitrogens with one attached hydrogen (secondary N) is 2. The summed E-state index contributed by atoms with van der Waals surface area (Å²) in [6.07, 6.45) is -0.214. The molecule has 2 aromatic carbocycles. The van der Waals surface area contributed by atoms with Crippen molar-refractivity contribution < 1.29 is 23.9 Å². The van der Waals surface area contributed by atoms with Crippen LogP contribution in [0.2, 0.25) is 0 Å². The molecule has 1 saturated heterocycles. The lowest BCUT2D eigenvalue weighted by Crippen LogP contribution is -2.59. The first-order valence-electron chi connectivity index (χ1n) is 12.8. The summed E-state index contributed by atoms with van der Waals surface area (Å²) in [6.45, 7) is 6.26. The molecule has 198 valence electrons. The van der Waals surface area contributed by atoms with E-state index in [0.717, 1.165) is 24.2 Å². The van der Waals surface area contributed by atoms with E-state index in [-0.39, 0.29) is 17.9 Å². The Bertz CT molecular complexity index is 1080. The number of benzene rings is 2. The summed E-state index contributed by atoms with van der Waals surface area (Å²) in [5.74, 6) is -0.484. The van der Waals surface area contributed by atoms with Crippen LogP contribution in [0.1, 0.15) is 25.0 Å². The topological polar surface area (TPSA) is 100 Å². The maximum absolute atomic E-state index is 13.6. The van der Waals surface area contributed by atoms with Crippen molar-refractivity contribution in [3.8, 4) is 5.75 Å². The van der Waals surface area contributed by atoms with E-state index in [1.54, 1.807) is 18.7 Å². The van der Waals surface area contributed by atoms with Crippen molar-refractivity contribution >= 4 is 17.9 Å². The van der Waals surface area contributed by atoms with Crippen LogP contribution >= 0.6 is 0 Å². The van der Waals surface area contributed by atoms with Crippen LogP contribution in [0.25, 0.3) is 0 Å². The number of para-hydroxylation sites is 1. The second kappa shape index (κ2) is 12.1.